The Kier molecular flexibility index (Phi) is 6.52. The van der Waals surface area contributed by atoms with Crippen LogP contribution in [-0.4, -0.2) is 55.9 Å². The topological polar surface area (TPSA) is 38.7 Å². The SMILES string of the molecule is CCCN1CCN(c2ccc3c(c2)C(NCCCO)CCC3)CC1. The van der Waals surface area contributed by atoms with Crippen molar-refractivity contribution in [1.29, 1.82) is 0 Å². The highest BCUT2D eigenvalue weighted by Crippen LogP contribution is 2.33. The van der Waals surface area contributed by atoms with E-state index in [4.69, 9.17) is 5.11 Å². The number of anilines is 1. The van der Waals surface area contributed by atoms with Crippen LogP contribution in [0.25, 0.3) is 0 Å². The number of aliphatic hydroxyl groups is 1. The van der Waals surface area contributed by atoms with E-state index in [0.717, 1.165) is 26.1 Å². The van der Waals surface area contributed by atoms with E-state index in [-0.39, 0.29) is 6.61 Å². The molecule has 0 radical (unpaired) electrons. The number of rotatable bonds is 7. The third-order valence-corrected chi connectivity index (χ3v) is 5.45. The maximum absolute atomic E-state index is 9.01. The first-order valence-corrected chi connectivity index (χ1v) is 9.76. The number of benzene rings is 1. The van der Waals surface area contributed by atoms with E-state index < -0.39 is 0 Å². The second-order valence-electron chi connectivity index (χ2n) is 7.19. The molecule has 134 valence electrons. The fraction of sp³-hybridized carbons (Fsp3) is 0.700. The van der Waals surface area contributed by atoms with Crippen LogP contribution in [0.4, 0.5) is 5.69 Å². The highest BCUT2D eigenvalue weighted by molar-refractivity contribution is 5.53. The van der Waals surface area contributed by atoms with Gasteiger partial charge in [-0.1, -0.05) is 13.0 Å². The first kappa shape index (κ1) is 17.7. The number of hydrogen-bond donors (Lipinski definition) is 2. The molecule has 1 fully saturated rings. The van der Waals surface area contributed by atoms with Crippen molar-refractivity contribution in [3.63, 3.8) is 0 Å². The van der Waals surface area contributed by atoms with Crippen LogP contribution in [0.2, 0.25) is 0 Å². The van der Waals surface area contributed by atoms with Gasteiger partial charge in [-0.3, -0.25) is 4.90 Å². The van der Waals surface area contributed by atoms with E-state index in [0.29, 0.717) is 6.04 Å². The van der Waals surface area contributed by atoms with Crippen LogP contribution in [0.3, 0.4) is 0 Å². The van der Waals surface area contributed by atoms with Gasteiger partial charge in [-0.2, -0.15) is 0 Å². The summed E-state index contributed by atoms with van der Waals surface area (Å²) in [5, 5.41) is 12.7. The molecular formula is C20H33N3O. The Morgan fingerprint density at radius 1 is 1.21 bits per heavy atom. The van der Waals surface area contributed by atoms with Crippen LogP contribution in [-0.2, 0) is 6.42 Å². The largest absolute Gasteiger partial charge is 0.396 e. The number of nitrogens with zero attached hydrogens (tertiary/aromatic N) is 2. The third kappa shape index (κ3) is 4.29. The van der Waals surface area contributed by atoms with Crippen LogP contribution >= 0.6 is 0 Å². The summed E-state index contributed by atoms with van der Waals surface area (Å²) >= 11 is 0. The number of piperazine rings is 1. The van der Waals surface area contributed by atoms with E-state index in [1.807, 2.05) is 0 Å². The van der Waals surface area contributed by atoms with Gasteiger partial charge in [-0.15, -0.1) is 0 Å². The first-order valence-electron chi connectivity index (χ1n) is 9.76. The predicted octanol–water partition coefficient (Wildman–Crippen LogP) is 2.57. The van der Waals surface area contributed by atoms with Crippen LogP contribution in [0, 0.1) is 0 Å². The minimum atomic E-state index is 0.272. The number of fused-ring (bicyclic) bond motifs is 1. The molecular weight excluding hydrogens is 298 g/mol. The van der Waals surface area contributed by atoms with Gasteiger partial charge >= 0.3 is 0 Å². The molecule has 1 aliphatic carbocycles. The summed E-state index contributed by atoms with van der Waals surface area (Å²) in [5.41, 5.74) is 4.39. The fourth-order valence-electron chi connectivity index (χ4n) is 4.10. The molecule has 0 bridgehead atoms. The summed E-state index contributed by atoms with van der Waals surface area (Å²) in [6.07, 6.45) is 5.77. The lowest BCUT2D eigenvalue weighted by Gasteiger charge is -2.37. The van der Waals surface area contributed by atoms with Crippen LogP contribution in [0.15, 0.2) is 18.2 Å². The maximum Gasteiger partial charge on any atom is 0.0443 e. The van der Waals surface area contributed by atoms with E-state index in [1.54, 1.807) is 0 Å². The van der Waals surface area contributed by atoms with Gasteiger partial charge in [0.25, 0.3) is 0 Å². The minimum absolute atomic E-state index is 0.272. The Balaban J connectivity index is 1.67. The molecule has 1 saturated heterocycles. The number of aliphatic hydroxyl groups excluding tert-OH is 1. The van der Waals surface area contributed by atoms with E-state index in [1.165, 1.54) is 62.1 Å². The summed E-state index contributed by atoms with van der Waals surface area (Å²) in [7, 11) is 0. The number of hydrogen-bond acceptors (Lipinski definition) is 4. The minimum Gasteiger partial charge on any atom is -0.396 e. The summed E-state index contributed by atoms with van der Waals surface area (Å²) in [6.45, 7) is 9.32. The standard InChI is InChI=1S/C20H33N3O/c1-2-10-22-11-13-23(14-12-22)18-8-7-17-5-3-6-20(19(17)16-18)21-9-4-15-24/h7-8,16,20-21,24H,2-6,9-15H2,1H3. The first-order chi connectivity index (χ1) is 11.8. The van der Waals surface area contributed by atoms with E-state index in [9.17, 15) is 0 Å². The average molecular weight is 332 g/mol. The third-order valence-electron chi connectivity index (χ3n) is 5.45. The maximum atomic E-state index is 9.01. The molecule has 4 nitrogen and oxygen atoms in total. The van der Waals surface area contributed by atoms with Crippen molar-refractivity contribution in [3.05, 3.63) is 29.3 Å². The zero-order chi connectivity index (χ0) is 16.8. The van der Waals surface area contributed by atoms with Crippen LogP contribution in [0.5, 0.6) is 0 Å². The highest BCUT2D eigenvalue weighted by atomic mass is 16.3. The van der Waals surface area contributed by atoms with Gasteiger partial charge in [0.1, 0.15) is 0 Å². The molecule has 0 amide bonds. The molecule has 1 unspecified atom stereocenters. The Morgan fingerprint density at radius 3 is 2.79 bits per heavy atom. The number of aryl methyl sites for hydroxylation is 1. The summed E-state index contributed by atoms with van der Waals surface area (Å²) in [5.74, 6) is 0. The van der Waals surface area contributed by atoms with Gasteiger partial charge in [0.2, 0.25) is 0 Å². The van der Waals surface area contributed by atoms with Crippen molar-refractivity contribution in [2.75, 3.05) is 50.8 Å². The van der Waals surface area contributed by atoms with Crippen molar-refractivity contribution in [1.82, 2.24) is 10.2 Å². The fourth-order valence-corrected chi connectivity index (χ4v) is 4.10. The van der Waals surface area contributed by atoms with Gasteiger partial charge in [0, 0.05) is 44.5 Å². The van der Waals surface area contributed by atoms with E-state index in [2.05, 4.69) is 40.2 Å². The number of nitrogens with one attached hydrogen (secondary N) is 1. The van der Waals surface area contributed by atoms with Gasteiger partial charge < -0.3 is 15.3 Å². The van der Waals surface area contributed by atoms with Crippen molar-refractivity contribution in [2.45, 2.75) is 45.1 Å². The monoisotopic (exact) mass is 331 g/mol. The molecule has 0 spiro atoms. The van der Waals surface area contributed by atoms with Crippen molar-refractivity contribution < 1.29 is 5.11 Å². The Hall–Kier alpha value is -1.10. The van der Waals surface area contributed by atoms with Crippen LogP contribution < -0.4 is 10.2 Å². The molecule has 1 aromatic carbocycles. The highest BCUT2D eigenvalue weighted by Gasteiger charge is 2.22. The molecule has 2 N–H and O–H groups in total. The second kappa shape index (κ2) is 8.84. The van der Waals surface area contributed by atoms with Gasteiger partial charge in [-0.05, 0) is 68.5 Å². The van der Waals surface area contributed by atoms with E-state index >= 15 is 0 Å². The quantitative estimate of drug-likeness (QED) is 0.753. The average Bonchev–Trinajstić information content (AvgIpc) is 2.63. The van der Waals surface area contributed by atoms with Gasteiger partial charge in [0.15, 0.2) is 0 Å². The molecule has 24 heavy (non-hydrogen) atoms. The van der Waals surface area contributed by atoms with Crippen molar-refractivity contribution >= 4 is 5.69 Å². The Morgan fingerprint density at radius 2 is 2.04 bits per heavy atom. The van der Waals surface area contributed by atoms with Gasteiger partial charge in [-0.25, -0.2) is 0 Å². The van der Waals surface area contributed by atoms with Crippen LogP contribution in [0.1, 0.15) is 49.8 Å². The molecule has 1 aliphatic heterocycles. The molecule has 4 heteroatoms. The molecule has 2 aliphatic rings. The zero-order valence-corrected chi connectivity index (χ0v) is 15.1. The molecule has 0 aromatic heterocycles. The molecule has 1 aromatic rings. The molecule has 1 heterocycles. The Bertz CT molecular complexity index is 512. The predicted molar refractivity (Wildman–Crippen MR) is 101 cm³/mol. The zero-order valence-electron chi connectivity index (χ0n) is 15.1. The Labute approximate surface area is 146 Å². The molecule has 3 rings (SSSR count). The second-order valence-corrected chi connectivity index (χ2v) is 7.19. The summed E-state index contributed by atoms with van der Waals surface area (Å²) in [4.78, 5) is 5.12. The van der Waals surface area contributed by atoms with Gasteiger partial charge in [0.05, 0.1) is 0 Å². The van der Waals surface area contributed by atoms with Crippen molar-refractivity contribution in [3.8, 4) is 0 Å². The lowest BCUT2D eigenvalue weighted by atomic mass is 9.87. The molecule has 1 atom stereocenters. The summed E-state index contributed by atoms with van der Waals surface area (Å²) in [6, 6.07) is 7.56. The normalized spacial score (nSPS) is 21.8. The lowest BCUT2D eigenvalue weighted by molar-refractivity contribution is 0.258. The molecule has 0 saturated carbocycles. The lowest BCUT2D eigenvalue weighted by Crippen LogP contribution is -2.46. The van der Waals surface area contributed by atoms with Crippen molar-refractivity contribution in [2.24, 2.45) is 0 Å². The summed E-state index contributed by atoms with van der Waals surface area (Å²) < 4.78 is 0. The smallest absolute Gasteiger partial charge is 0.0443 e.